The minimum absolute atomic E-state index is 0.0841. The molecule has 1 aliphatic rings. The minimum Gasteiger partial charge on any atom is -0.492 e. The van der Waals surface area contributed by atoms with Crippen LogP contribution in [-0.2, 0) is 10.0 Å². The summed E-state index contributed by atoms with van der Waals surface area (Å²) in [6.07, 6.45) is -0.410. The molecule has 0 fully saturated rings. The summed E-state index contributed by atoms with van der Waals surface area (Å²) in [7, 11) is -3.75. The number of rotatable bonds is 6. The van der Waals surface area contributed by atoms with Crippen molar-refractivity contribution in [1.82, 2.24) is 4.72 Å². The maximum Gasteiger partial charge on any atom is 0.244 e. The van der Waals surface area contributed by atoms with Crippen molar-refractivity contribution in [2.45, 2.75) is 17.9 Å². The Bertz CT molecular complexity index is 856. The third-order valence-corrected chi connectivity index (χ3v) is 5.50. The Balaban J connectivity index is 1.72. The molecule has 0 radical (unpaired) electrons. The number of sulfonamides is 1. The Hall–Kier alpha value is -1.77. The first-order valence-corrected chi connectivity index (χ1v) is 10.1. The number of fused-ring (bicyclic) bond motifs is 1. The molecule has 0 saturated carbocycles. The van der Waals surface area contributed by atoms with Crippen LogP contribution in [-0.4, -0.2) is 34.3 Å². The van der Waals surface area contributed by atoms with Gasteiger partial charge in [-0.05, 0) is 37.3 Å². The highest BCUT2D eigenvalue weighted by Crippen LogP contribution is 2.31. The Morgan fingerprint density at radius 3 is 2.76 bits per heavy atom. The van der Waals surface area contributed by atoms with Gasteiger partial charge in [-0.3, -0.25) is 0 Å². The highest BCUT2D eigenvalue weighted by Gasteiger charge is 2.25. The van der Waals surface area contributed by atoms with E-state index in [1.807, 2.05) is 18.2 Å². The molecule has 0 saturated heterocycles. The smallest absolute Gasteiger partial charge is 0.244 e. The zero-order valence-corrected chi connectivity index (χ0v) is 16.0. The highest BCUT2D eigenvalue weighted by atomic mass is 79.9. The van der Waals surface area contributed by atoms with Crippen LogP contribution in [0.15, 0.2) is 51.8 Å². The molecule has 134 valence electrons. The predicted molar refractivity (Wildman–Crippen MR) is 96.9 cm³/mol. The van der Waals surface area contributed by atoms with Gasteiger partial charge in [0, 0.05) is 4.47 Å². The minimum atomic E-state index is -3.75. The van der Waals surface area contributed by atoms with Gasteiger partial charge in [0.15, 0.2) is 11.5 Å². The van der Waals surface area contributed by atoms with Crippen LogP contribution in [0, 0.1) is 0 Å². The van der Waals surface area contributed by atoms with Crippen LogP contribution >= 0.6 is 15.9 Å². The molecule has 0 amide bonds. The van der Waals surface area contributed by atoms with E-state index < -0.39 is 16.1 Å². The first-order chi connectivity index (χ1) is 12.0. The molecule has 0 bridgehead atoms. The fourth-order valence-corrected chi connectivity index (χ4v) is 4.16. The van der Waals surface area contributed by atoms with Crippen molar-refractivity contribution in [3.05, 3.63) is 46.9 Å². The molecule has 6 nitrogen and oxygen atoms in total. The standard InChI is InChI=1S/C17H18BrNO5S/c1-2-22-16-8-7-12(18)9-17(16)25(20,21)19-10-13-11-23-14-5-3-4-6-15(14)24-13/h3-9,13,19H,2,10-11H2,1H3/t13-/m1/s1. The van der Waals surface area contributed by atoms with E-state index in [4.69, 9.17) is 14.2 Å². The predicted octanol–water partition coefficient (Wildman–Crippen LogP) is 2.97. The van der Waals surface area contributed by atoms with Crippen molar-refractivity contribution in [3.8, 4) is 17.2 Å². The summed E-state index contributed by atoms with van der Waals surface area (Å²) < 4.78 is 45.3. The van der Waals surface area contributed by atoms with Crippen LogP contribution in [0.2, 0.25) is 0 Å². The van der Waals surface area contributed by atoms with Crippen molar-refractivity contribution >= 4 is 26.0 Å². The number of ether oxygens (including phenoxy) is 3. The monoisotopic (exact) mass is 427 g/mol. The molecule has 2 aromatic carbocycles. The molecule has 0 unspecified atom stereocenters. The van der Waals surface area contributed by atoms with Crippen molar-refractivity contribution in [1.29, 1.82) is 0 Å². The summed E-state index contributed by atoms with van der Waals surface area (Å²) in [4.78, 5) is 0.0841. The molecular formula is C17H18BrNO5S. The lowest BCUT2D eigenvalue weighted by Crippen LogP contribution is -2.40. The van der Waals surface area contributed by atoms with Crippen molar-refractivity contribution in [2.24, 2.45) is 0 Å². The fraction of sp³-hybridized carbons (Fsp3) is 0.294. The van der Waals surface area contributed by atoms with E-state index >= 15 is 0 Å². The molecule has 1 aliphatic heterocycles. The molecule has 3 rings (SSSR count). The number of halogens is 1. The molecule has 1 heterocycles. The summed E-state index contributed by atoms with van der Waals surface area (Å²) in [5.74, 6) is 1.58. The molecule has 1 atom stereocenters. The maximum absolute atomic E-state index is 12.7. The van der Waals surface area contributed by atoms with Crippen LogP contribution in [0.5, 0.6) is 17.2 Å². The summed E-state index contributed by atoms with van der Waals surface area (Å²) in [6, 6.07) is 12.2. The second-order valence-electron chi connectivity index (χ2n) is 5.37. The van der Waals surface area contributed by atoms with Crippen LogP contribution < -0.4 is 18.9 Å². The lowest BCUT2D eigenvalue weighted by Gasteiger charge is -2.26. The zero-order chi connectivity index (χ0) is 17.9. The van der Waals surface area contributed by atoms with E-state index in [-0.39, 0.29) is 18.0 Å². The summed E-state index contributed by atoms with van der Waals surface area (Å²) in [5, 5.41) is 0. The van der Waals surface area contributed by atoms with Gasteiger partial charge in [0.2, 0.25) is 10.0 Å². The summed E-state index contributed by atoms with van der Waals surface area (Å²) in [6.45, 7) is 2.54. The fourth-order valence-electron chi connectivity index (χ4n) is 2.41. The average molecular weight is 428 g/mol. The summed E-state index contributed by atoms with van der Waals surface area (Å²) in [5.41, 5.74) is 0. The molecule has 2 aromatic rings. The Kier molecular flexibility index (Phi) is 5.51. The van der Waals surface area contributed by atoms with Gasteiger partial charge >= 0.3 is 0 Å². The second-order valence-corrected chi connectivity index (χ2v) is 8.02. The van der Waals surface area contributed by atoms with E-state index in [0.29, 0.717) is 28.3 Å². The van der Waals surface area contributed by atoms with Crippen LogP contribution in [0.3, 0.4) is 0 Å². The van der Waals surface area contributed by atoms with Crippen LogP contribution in [0.1, 0.15) is 6.92 Å². The third kappa shape index (κ3) is 4.26. The number of para-hydroxylation sites is 2. The number of benzene rings is 2. The average Bonchev–Trinajstić information content (AvgIpc) is 2.61. The van der Waals surface area contributed by atoms with Crippen LogP contribution in [0.4, 0.5) is 0 Å². The van der Waals surface area contributed by atoms with E-state index in [1.165, 1.54) is 6.07 Å². The third-order valence-electron chi connectivity index (χ3n) is 3.56. The van der Waals surface area contributed by atoms with Gasteiger partial charge in [0.05, 0.1) is 13.2 Å². The largest absolute Gasteiger partial charge is 0.492 e. The maximum atomic E-state index is 12.7. The molecule has 8 heteroatoms. The number of hydrogen-bond donors (Lipinski definition) is 1. The van der Waals surface area contributed by atoms with E-state index in [1.54, 1.807) is 25.1 Å². The van der Waals surface area contributed by atoms with Crippen molar-refractivity contribution in [3.63, 3.8) is 0 Å². The normalized spacial score (nSPS) is 16.5. The van der Waals surface area contributed by atoms with E-state index in [2.05, 4.69) is 20.7 Å². The van der Waals surface area contributed by atoms with E-state index in [9.17, 15) is 8.42 Å². The SMILES string of the molecule is CCOc1ccc(Br)cc1S(=O)(=O)NC[C@@H]1COc2ccccc2O1. The van der Waals surface area contributed by atoms with Gasteiger partial charge in [-0.2, -0.15) is 0 Å². The number of hydrogen-bond acceptors (Lipinski definition) is 5. The van der Waals surface area contributed by atoms with Crippen molar-refractivity contribution in [2.75, 3.05) is 19.8 Å². The molecule has 25 heavy (non-hydrogen) atoms. The molecule has 0 aromatic heterocycles. The topological polar surface area (TPSA) is 73.9 Å². The van der Waals surface area contributed by atoms with Gasteiger partial charge in [-0.15, -0.1) is 0 Å². The Morgan fingerprint density at radius 2 is 2.00 bits per heavy atom. The molecular weight excluding hydrogens is 410 g/mol. The lowest BCUT2D eigenvalue weighted by molar-refractivity contribution is 0.0943. The summed E-state index contributed by atoms with van der Waals surface area (Å²) >= 11 is 3.29. The van der Waals surface area contributed by atoms with Gasteiger partial charge in [-0.25, -0.2) is 13.1 Å². The number of nitrogens with one attached hydrogen (secondary N) is 1. The van der Waals surface area contributed by atoms with Crippen molar-refractivity contribution < 1.29 is 22.6 Å². The molecule has 0 aliphatic carbocycles. The van der Waals surface area contributed by atoms with Gasteiger partial charge in [-0.1, -0.05) is 28.1 Å². The van der Waals surface area contributed by atoms with Gasteiger partial charge in [0.1, 0.15) is 23.4 Å². The first kappa shape index (κ1) is 18.0. The zero-order valence-electron chi connectivity index (χ0n) is 13.6. The first-order valence-electron chi connectivity index (χ1n) is 7.80. The molecule has 0 spiro atoms. The quantitative estimate of drug-likeness (QED) is 0.766. The molecule has 1 N–H and O–H groups in total. The highest BCUT2D eigenvalue weighted by molar-refractivity contribution is 9.10. The van der Waals surface area contributed by atoms with Crippen LogP contribution in [0.25, 0.3) is 0 Å². The lowest BCUT2D eigenvalue weighted by atomic mass is 10.2. The van der Waals surface area contributed by atoms with Gasteiger partial charge in [0.25, 0.3) is 0 Å². The Morgan fingerprint density at radius 1 is 1.24 bits per heavy atom. The Labute approximate surface area is 155 Å². The second kappa shape index (κ2) is 7.63. The van der Waals surface area contributed by atoms with Gasteiger partial charge < -0.3 is 14.2 Å². The van der Waals surface area contributed by atoms with E-state index in [0.717, 1.165) is 0 Å².